The third-order valence-corrected chi connectivity index (χ3v) is 5.05. The van der Waals surface area contributed by atoms with E-state index < -0.39 is 33.0 Å². The predicted octanol–water partition coefficient (Wildman–Crippen LogP) is 0.640. The van der Waals surface area contributed by atoms with E-state index >= 15 is 0 Å². The molecule has 0 aromatic heterocycles. The molecule has 7 nitrogen and oxygen atoms in total. The van der Waals surface area contributed by atoms with Gasteiger partial charge in [0, 0.05) is 7.11 Å². The Kier molecular flexibility index (Phi) is 7.37. The van der Waals surface area contributed by atoms with Crippen LogP contribution in [0.15, 0.2) is 30.3 Å². The van der Waals surface area contributed by atoms with Crippen LogP contribution in [0.2, 0.25) is 0 Å². The Morgan fingerprint density at radius 2 is 1.88 bits per heavy atom. The van der Waals surface area contributed by atoms with Crippen LogP contribution in [-0.4, -0.2) is 56.2 Å². The number of aryl methyl sites for hydroxylation is 1. The van der Waals surface area contributed by atoms with Gasteiger partial charge in [-0.05, 0) is 25.3 Å². The van der Waals surface area contributed by atoms with Crippen molar-refractivity contribution < 1.29 is 27.9 Å². The Labute approximate surface area is 141 Å². The number of aliphatic carboxylic acids is 1. The summed E-state index contributed by atoms with van der Waals surface area (Å²) in [7, 11) is -2.31. The Morgan fingerprint density at radius 1 is 1.25 bits per heavy atom. The molecule has 0 aliphatic carbocycles. The maximum atomic E-state index is 12.0. The lowest BCUT2D eigenvalue weighted by Gasteiger charge is -2.25. The lowest BCUT2D eigenvalue weighted by Crippen LogP contribution is -2.56. The zero-order chi connectivity index (χ0) is 18.2. The minimum Gasteiger partial charge on any atom is -0.479 e. The summed E-state index contributed by atoms with van der Waals surface area (Å²) in [5, 5.41) is 11.3. The Morgan fingerprint density at radius 3 is 2.42 bits per heavy atom. The number of nitrogens with one attached hydrogen (secondary N) is 1. The molecule has 0 bridgehead atoms. The molecule has 2 N–H and O–H groups in total. The Bertz CT molecular complexity index is 658. The quantitative estimate of drug-likeness (QED) is 0.636. The van der Waals surface area contributed by atoms with E-state index in [1.54, 1.807) is 0 Å². The molecule has 0 spiro atoms. The fourth-order valence-electron chi connectivity index (χ4n) is 2.20. The average Bonchev–Trinajstić information content (AvgIpc) is 2.47. The topological polar surface area (TPSA) is 110 Å². The summed E-state index contributed by atoms with van der Waals surface area (Å²) in [5.41, 5.74) is -0.638. The summed E-state index contributed by atoms with van der Waals surface area (Å²) >= 11 is 0. The zero-order valence-corrected chi connectivity index (χ0v) is 14.6. The lowest BCUT2D eigenvalue weighted by atomic mass is 10.0. The van der Waals surface area contributed by atoms with Gasteiger partial charge in [0.2, 0.25) is 5.91 Å². The number of hydrogen-bond acceptors (Lipinski definition) is 5. The number of carbonyl (C=O) groups is 2. The molecule has 0 saturated heterocycles. The van der Waals surface area contributed by atoms with Gasteiger partial charge in [-0.2, -0.15) is 0 Å². The largest absolute Gasteiger partial charge is 0.479 e. The maximum absolute atomic E-state index is 12.0. The molecule has 1 atom stereocenters. The fourth-order valence-corrected chi connectivity index (χ4v) is 3.40. The van der Waals surface area contributed by atoms with Gasteiger partial charge in [0.1, 0.15) is 5.75 Å². The van der Waals surface area contributed by atoms with Crippen molar-refractivity contribution >= 4 is 21.7 Å². The minimum absolute atomic E-state index is 0.136. The molecule has 1 rings (SSSR count). The summed E-state index contributed by atoms with van der Waals surface area (Å²) in [4.78, 5) is 23.1. The molecule has 24 heavy (non-hydrogen) atoms. The van der Waals surface area contributed by atoms with Crippen LogP contribution in [0.1, 0.15) is 18.9 Å². The van der Waals surface area contributed by atoms with Gasteiger partial charge in [0.05, 0.1) is 12.4 Å². The van der Waals surface area contributed by atoms with Gasteiger partial charge in [-0.15, -0.1) is 0 Å². The van der Waals surface area contributed by atoms with E-state index in [1.165, 1.54) is 14.0 Å². The second-order valence-electron chi connectivity index (χ2n) is 5.80. The smallest absolute Gasteiger partial charge is 0.331 e. The molecule has 1 amide bonds. The Balaban J connectivity index is 2.53. The number of rotatable bonds is 10. The zero-order valence-electron chi connectivity index (χ0n) is 13.8. The number of ether oxygens (including phenoxy) is 1. The summed E-state index contributed by atoms with van der Waals surface area (Å²) in [6.45, 7) is 1.00. The van der Waals surface area contributed by atoms with Crippen molar-refractivity contribution in [2.75, 3.05) is 25.2 Å². The highest BCUT2D eigenvalue weighted by atomic mass is 32.2. The van der Waals surface area contributed by atoms with Crippen molar-refractivity contribution in [3.63, 3.8) is 0 Å². The first-order valence-electron chi connectivity index (χ1n) is 7.46. The molecule has 1 aromatic rings. The van der Waals surface area contributed by atoms with Gasteiger partial charge in [0.25, 0.3) is 0 Å². The number of carbonyl (C=O) groups excluding carboxylic acids is 1. The monoisotopic (exact) mass is 357 g/mol. The summed E-state index contributed by atoms with van der Waals surface area (Å²) < 4.78 is 28.8. The van der Waals surface area contributed by atoms with Gasteiger partial charge in [-0.25, -0.2) is 13.2 Å². The highest BCUT2D eigenvalue weighted by molar-refractivity contribution is 7.92. The number of amides is 1. The van der Waals surface area contributed by atoms with Gasteiger partial charge < -0.3 is 15.2 Å². The highest BCUT2D eigenvalue weighted by Gasteiger charge is 2.35. The van der Waals surface area contributed by atoms with Gasteiger partial charge in [-0.1, -0.05) is 30.3 Å². The van der Waals surface area contributed by atoms with E-state index in [4.69, 9.17) is 9.84 Å². The molecule has 134 valence electrons. The summed E-state index contributed by atoms with van der Waals surface area (Å²) in [6, 6.07) is 9.44. The van der Waals surface area contributed by atoms with Crippen LogP contribution < -0.4 is 5.32 Å². The van der Waals surface area contributed by atoms with E-state index in [0.29, 0.717) is 12.8 Å². The number of sulfone groups is 1. The molecule has 0 fully saturated rings. The third-order valence-electron chi connectivity index (χ3n) is 3.43. The first-order valence-corrected chi connectivity index (χ1v) is 9.28. The summed E-state index contributed by atoms with van der Waals surface area (Å²) in [5.74, 6) is -3.02. The van der Waals surface area contributed by atoms with Crippen molar-refractivity contribution in [3.05, 3.63) is 35.9 Å². The molecule has 0 radical (unpaired) electrons. The van der Waals surface area contributed by atoms with Gasteiger partial charge in [0.15, 0.2) is 15.4 Å². The van der Waals surface area contributed by atoms with Crippen LogP contribution in [0.25, 0.3) is 0 Å². The second kappa shape index (κ2) is 8.79. The van der Waals surface area contributed by atoms with Crippen LogP contribution in [0.5, 0.6) is 0 Å². The van der Waals surface area contributed by atoms with Crippen LogP contribution >= 0.6 is 0 Å². The molecule has 8 heteroatoms. The maximum Gasteiger partial charge on any atom is 0.331 e. The number of methoxy groups -OCH3 is 1. The predicted molar refractivity (Wildman–Crippen MR) is 89.5 cm³/mol. The van der Waals surface area contributed by atoms with E-state index in [9.17, 15) is 18.0 Å². The molecule has 1 unspecified atom stereocenters. The molecule has 0 aliphatic rings. The van der Waals surface area contributed by atoms with Gasteiger partial charge in [-0.3, -0.25) is 4.79 Å². The lowest BCUT2D eigenvalue weighted by molar-refractivity contribution is -0.148. The molecule has 0 heterocycles. The molecular weight excluding hydrogens is 334 g/mol. The van der Waals surface area contributed by atoms with Crippen LogP contribution in [0.4, 0.5) is 0 Å². The second-order valence-corrected chi connectivity index (χ2v) is 7.98. The minimum atomic E-state index is -3.61. The number of benzene rings is 1. The van der Waals surface area contributed by atoms with Crippen LogP contribution in [0.3, 0.4) is 0 Å². The van der Waals surface area contributed by atoms with Crippen molar-refractivity contribution in [1.29, 1.82) is 0 Å². The van der Waals surface area contributed by atoms with E-state index in [2.05, 4.69) is 5.32 Å². The molecule has 1 aromatic carbocycles. The molecule has 0 aliphatic heterocycles. The highest BCUT2D eigenvalue weighted by Crippen LogP contribution is 2.07. The Hall–Kier alpha value is -1.93. The van der Waals surface area contributed by atoms with Crippen molar-refractivity contribution in [1.82, 2.24) is 5.32 Å². The third kappa shape index (κ3) is 6.67. The van der Waals surface area contributed by atoms with Gasteiger partial charge >= 0.3 is 5.97 Å². The number of carboxylic acids is 1. The first-order chi connectivity index (χ1) is 11.2. The molecule has 0 saturated carbocycles. The van der Waals surface area contributed by atoms with E-state index in [1.807, 2.05) is 30.3 Å². The SMILES string of the molecule is COCC(C)(NC(=O)CS(=O)(=O)CCCc1ccccc1)C(=O)O. The number of hydrogen-bond donors (Lipinski definition) is 2. The normalized spacial score (nSPS) is 13.9. The van der Waals surface area contributed by atoms with Crippen LogP contribution in [0, 0.1) is 0 Å². The fraction of sp³-hybridized carbons (Fsp3) is 0.500. The number of carboxylic acid groups (broad SMARTS) is 1. The first kappa shape index (κ1) is 20.1. The summed E-state index contributed by atoms with van der Waals surface area (Å²) in [6.07, 6.45) is 0.992. The van der Waals surface area contributed by atoms with E-state index in [-0.39, 0.29) is 12.4 Å². The van der Waals surface area contributed by atoms with Crippen molar-refractivity contribution in [2.24, 2.45) is 0 Å². The standard InChI is InChI=1S/C16H23NO6S/c1-16(12-23-2,15(19)20)17-14(18)11-24(21,22)10-6-9-13-7-4-3-5-8-13/h3-5,7-8H,6,9-12H2,1-2H3,(H,17,18)(H,19,20). The average molecular weight is 357 g/mol. The van der Waals surface area contributed by atoms with Crippen LogP contribution in [-0.2, 0) is 30.6 Å². The van der Waals surface area contributed by atoms with Crippen molar-refractivity contribution in [2.45, 2.75) is 25.3 Å². The van der Waals surface area contributed by atoms with Crippen molar-refractivity contribution in [3.8, 4) is 0 Å². The molecular formula is C16H23NO6S. The van der Waals surface area contributed by atoms with E-state index in [0.717, 1.165) is 5.56 Å².